The van der Waals surface area contributed by atoms with Crippen LogP contribution in [0.4, 0.5) is 5.69 Å². The van der Waals surface area contributed by atoms with Gasteiger partial charge < -0.3 is 10.2 Å². The first-order valence-electron chi connectivity index (χ1n) is 14.4. The Labute approximate surface area is 254 Å². The largest absolute Gasteiger partial charge is 0.352 e. The van der Waals surface area contributed by atoms with Crippen molar-refractivity contribution in [3.8, 4) is 0 Å². The lowest BCUT2D eigenvalue weighted by atomic mass is 9.94. The zero-order chi connectivity index (χ0) is 30.3. The molecule has 0 aromatic heterocycles. The Kier molecular flexibility index (Phi) is 10.7. The molecular formula is C33H40ClN3O4S. The first-order valence-corrected chi connectivity index (χ1v) is 16.7. The van der Waals surface area contributed by atoms with Gasteiger partial charge in [-0.15, -0.1) is 0 Å². The van der Waals surface area contributed by atoms with Crippen molar-refractivity contribution in [1.29, 1.82) is 0 Å². The minimum Gasteiger partial charge on any atom is -0.352 e. The zero-order valence-electron chi connectivity index (χ0n) is 24.6. The highest BCUT2D eigenvalue weighted by molar-refractivity contribution is 7.92. The fraction of sp³-hybridized carbons (Fsp3) is 0.394. The van der Waals surface area contributed by atoms with Gasteiger partial charge in [0.2, 0.25) is 21.8 Å². The summed E-state index contributed by atoms with van der Waals surface area (Å²) < 4.78 is 27.2. The number of nitrogens with zero attached hydrogens (tertiary/aromatic N) is 2. The van der Waals surface area contributed by atoms with E-state index in [-0.39, 0.29) is 18.5 Å². The van der Waals surface area contributed by atoms with Gasteiger partial charge in [-0.3, -0.25) is 13.9 Å². The number of hydrogen-bond donors (Lipinski definition) is 1. The number of sulfonamides is 1. The van der Waals surface area contributed by atoms with E-state index in [0.29, 0.717) is 17.1 Å². The van der Waals surface area contributed by atoms with Crippen LogP contribution in [0.5, 0.6) is 0 Å². The highest BCUT2D eigenvalue weighted by Crippen LogP contribution is 2.25. The van der Waals surface area contributed by atoms with Crippen LogP contribution < -0.4 is 9.62 Å². The molecule has 3 aromatic carbocycles. The molecule has 2 amide bonds. The molecule has 7 nitrogen and oxygen atoms in total. The molecule has 1 aliphatic carbocycles. The first-order chi connectivity index (χ1) is 20.0. The molecule has 0 aliphatic heterocycles. The summed E-state index contributed by atoms with van der Waals surface area (Å²) in [6.45, 7) is 3.44. The van der Waals surface area contributed by atoms with Crippen LogP contribution in [0, 0.1) is 13.8 Å². The summed E-state index contributed by atoms with van der Waals surface area (Å²) >= 11 is 6.13. The lowest BCUT2D eigenvalue weighted by molar-refractivity contribution is -0.140. The number of carbonyl (C=O) groups is 2. The van der Waals surface area contributed by atoms with Crippen LogP contribution in [-0.4, -0.2) is 50.0 Å². The molecule has 1 aliphatic rings. The third-order valence-corrected chi connectivity index (χ3v) is 9.17. The normalized spacial score (nSPS) is 14.7. The van der Waals surface area contributed by atoms with Gasteiger partial charge in [-0.05, 0) is 61.6 Å². The van der Waals surface area contributed by atoms with E-state index < -0.39 is 28.5 Å². The summed E-state index contributed by atoms with van der Waals surface area (Å²) in [4.78, 5) is 29.8. The smallest absolute Gasteiger partial charge is 0.244 e. The minimum atomic E-state index is -3.82. The van der Waals surface area contributed by atoms with Crippen LogP contribution in [0.25, 0.3) is 0 Å². The van der Waals surface area contributed by atoms with Gasteiger partial charge in [-0.25, -0.2) is 8.42 Å². The third kappa shape index (κ3) is 8.58. The number of hydrogen-bond acceptors (Lipinski definition) is 4. The van der Waals surface area contributed by atoms with E-state index in [2.05, 4.69) is 5.32 Å². The molecular weight excluding hydrogens is 570 g/mol. The highest BCUT2D eigenvalue weighted by atomic mass is 35.5. The van der Waals surface area contributed by atoms with Crippen molar-refractivity contribution in [1.82, 2.24) is 10.2 Å². The summed E-state index contributed by atoms with van der Waals surface area (Å²) in [6, 6.07) is 21.4. The van der Waals surface area contributed by atoms with Crippen LogP contribution in [-0.2, 0) is 32.6 Å². The maximum Gasteiger partial charge on any atom is 0.244 e. The average molecular weight is 610 g/mol. The van der Waals surface area contributed by atoms with E-state index in [1.54, 1.807) is 18.2 Å². The lowest BCUT2D eigenvalue weighted by Crippen LogP contribution is -2.55. The second-order valence-electron chi connectivity index (χ2n) is 11.3. The number of benzene rings is 3. The van der Waals surface area contributed by atoms with E-state index in [1.165, 1.54) is 4.90 Å². The van der Waals surface area contributed by atoms with Gasteiger partial charge in [0, 0.05) is 24.0 Å². The topological polar surface area (TPSA) is 86.8 Å². The molecule has 42 heavy (non-hydrogen) atoms. The summed E-state index contributed by atoms with van der Waals surface area (Å²) in [5.74, 6) is -0.694. The number of rotatable bonds is 11. The van der Waals surface area contributed by atoms with Gasteiger partial charge in [0.05, 0.1) is 11.9 Å². The van der Waals surface area contributed by atoms with E-state index in [0.717, 1.165) is 64.9 Å². The third-order valence-electron chi connectivity index (χ3n) is 7.79. The van der Waals surface area contributed by atoms with Crippen LogP contribution in [0.3, 0.4) is 0 Å². The highest BCUT2D eigenvalue weighted by Gasteiger charge is 2.34. The molecule has 0 unspecified atom stereocenters. The van der Waals surface area contributed by atoms with Gasteiger partial charge in [0.15, 0.2) is 0 Å². The Morgan fingerprint density at radius 1 is 0.929 bits per heavy atom. The van der Waals surface area contributed by atoms with Crippen molar-refractivity contribution in [3.05, 3.63) is 100 Å². The lowest BCUT2D eigenvalue weighted by Gasteiger charge is -2.35. The second-order valence-corrected chi connectivity index (χ2v) is 13.6. The second kappa shape index (κ2) is 14.2. The number of nitrogens with one attached hydrogen (secondary N) is 1. The van der Waals surface area contributed by atoms with E-state index in [4.69, 9.17) is 11.6 Å². The zero-order valence-corrected chi connectivity index (χ0v) is 26.1. The maximum atomic E-state index is 14.3. The Morgan fingerprint density at radius 2 is 1.60 bits per heavy atom. The average Bonchev–Trinajstić information content (AvgIpc) is 2.95. The molecule has 0 spiro atoms. The molecule has 4 rings (SSSR count). The van der Waals surface area contributed by atoms with E-state index in [9.17, 15) is 18.0 Å². The summed E-state index contributed by atoms with van der Waals surface area (Å²) in [5.41, 5.74) is 3.86. The number of aryl methyl sites for hydroxylation is 2. The molecule has 1 saturated carbocycles. The molecule has 0 bridgehead atoms. The maximum absolute atomic E-state index is 14.3. The van der Waals surface area contributed by atoms with Crippen LogP contribution >= 0.6 is 11.6 Å². The van der Waals surface area contributed by atoms with Crippen molar-refractivity contribution in [2.24, 2.45) is 0 Å². The van der Waals surface area contributed by atoms with Crippen molar-refractivity contribution >= 4 is 39.1 Å². The molecule has 3 aromatic rings. The van der Waals surface area contributed by atoms with Crippen molar-refractivity contribution in [2.75, 3.05) is 17.1 Å². The first kappa shape index (κ1) is 31.6. The summed E-state index contributed by atoms with van der Waals surface area (Å²) in [6.07, 6.45) is 6.47. The molecule has 224 valence electrons. The number of carbonyl (C=O) groups excluding carboxylic acids is 2. The van der Waals surface area contributed by atoms with Gasteiger partial charge in [-0.1, -0.05) is 91.0 Å². The van der Waals surface area contributed by atoms with Gasteiger partial charge in [0.25, 0.3) is 0 Å². The molecule has 0 heterocycles. The Hall–Kier alpha value is -3.36. The summed E-state index contributed by atoms with van der Waals surface area (Å²) in [5, 5.41) is 3.77. The fourth-order valence-electron chi connectivity index (χ4n) is 5.56. The Bertz CT molecular complexity index is 1470. The number of amides is 2. The van der Waals surface area contributed by atoms with Crippen LogP contribution in [0.2, 0.25) is 5.02 Å². The molecule has 1 fully saturated rings. The predicted molar refractivity (Wildman–Crippen MR) is 169 cm³/mol. The monoisotopic (exact) mass is 609 g/mol. The van der Waals surface area contributed by atoms with Crippen molar-refractivity contribution < 1.29 is 18.0 Å². The molecule has 0 saturated heterocycles. The SMILES string of the molecule is Cc1ccc(N(CC(=O)N(Cc2ccc(Cl)cc2)[C@H](Cc2ccccc2)C(=O)NC2CCCCC2)S(C)(=O)=O)c(C)c1. The Balaban J connectivity index is 1.73. The fourth-order valence-corrected chi connectivity index (χ4v) is 6.60. The van der Waals surface area contributed by atoms with Crippen LogP contribution in [0.15, 0.2) is 72.8 Å². The molecule has 1 atom stereocenters. The molecule has 1 N–H and O–H groups in total. The summed E-state index contributed by atoms with van der Waals surface area (Å²) in [7, 11) is -3.82. The predicted octanol–water partition coefficient (Wildman–Crippen LogP) is 5.81. The van der Waals surface area contributed by atoms with Gasteiger partial charge in [0.1, 0.15) is 12.6 Å². The number of anilines is 1. The van der Waals surface area contributed by atoms with Gasteiger partial charge in [-0.2, -0.15) is 0 Å². The van der Waals surface area contributed by atoms with Crippen molar-refractivity contribution in [3.63, 3.8) is 0 Å². The van der Waals surface area contributed by atoms with Gasteiger partial charge >= 0.3 is 0 Å². The Morgan fingerprint density at radius 3 is 2.21 bits per heavy atom. The van der Waals surface area contributed by atoms with E-state index in [1.807, 2.05) is 68.4 Å². The quantitative estimate of drug-likeness (QED) is 0.297. The van der Waals surface area contributed by atoms with Crippen molar-refractivity contribution in [2.45, 2.75) is 71.0 Å². The minimum absolute atomic E-state index is 0.0553. The molecule has 9 heteroatoms. The van der Waals surface area contributed by atoms with Crippen LogP contribution in [0.1, 0.15) is 54.4 Å². The standard InChI is InChI=1S/C33H40ClN3O4S/c1-24-14-19-30(25(2)20-24)37(42(3,40)41)23-32(38)36(22-27-15-17-28(34)18-16-27)31(21-26-10-6-4-7-11-26)33(39)35-29-12-8-5-9-13-29/h4,6-7,10-11,14-20,29,31H,5,8-9,12-13,21-23H2,1-3H3,(H,35,39)/t31-/m1/s1. The van der Waals surface area contributed by atoms with E-state index >= 15 is 0 Å². The molecule has 0 radical (unpaired) electrons. The number of halogens is 1.